The molecule has 19 heavy (non-hydrogen) atoms. The molecular formula is C15H11ClFNO. The van der Waals surface area contributed by atoms with E-state index in [1.54, 1.807) is 18.5 Å². The Bertz CT molecular complexity index is 605. The third kappa shape index (κ3) is 3.97. The highest BCUT2D eigenvalue weighted by Gasteiger charge is 2.04. The third-order valence-corrected chi connectivity index (χ3v) is 2.51. The third-order valence-electron chi connectivity index (χ3n) is 2.38. The number of aromatic nitrogens is 1. The molecule has 0 aliphatic carbocycles. The number of alkyl halides is 1. The van der Waals surface area contributed by atoms with Gasteiger partial charge < -0.3 is 4.74 Å². The van der Waals surface area contributed by atoms with Crippen LogP contribution in [0.25, 0.3) is 0 Å². The first-order chi connectivity index (χ1) is 9.29. The second-order valence-corrected chi connectivity index (χ2v) is 3.99. The van der Waals surface area contributed by atoms with Crippen molar-refractivity contribution in [2.75, 3.05) is 5.88 Å². The zero-order valence-corrected chi connectivity index (χ0v) is 10.8. The predicted molar refractivity (Wildman–Crippen MR) is 72.6 cm³/mol. The van der Waals surface area contributed by atoms with E-state index in [4.69, 9.17) is 16.3 Å². The summed E-state index contributed by atoms with van der Waals surface area (Å²) in [5, 5.41) is 0. The summed E-state index contributed by atoms with van der Waals surface area (Å²) in [4.78, 5) is 3.92. The number of ether oxygens (including phenoxy) is 1. The maximum atomic E-state index is 13.2. The Morgan fingerprint density at radius 1 is 1.21 bits per heavy atom. The average molecular weight is 276 g/mol. The minimum Gasteiger partial charge on any atom is -0.487 e. The molecule has 2 nitrogen and oxygen atoms in total. The Morgan fingerprint density at radius 2 is 2.00 bits per heavy atom. The second-order valence-electron chi connectivity index (χ2n) is 3.72. The van der Waals surface area contributed by atoms with Gasteiger partial charge in [0.1, 0.15) is 18.2 Å². The molecule has 0 spiro atoms. The first kappa shape index (κ1) is 13.4. The molecule has 96 valence electrons. The zero-order chi connectivity index (χ0) is 13.5. The van der Waals surface area contributed by atoms with Crippen molar-refractivity contribution in [3.05, 3.63) is 59.7 Å². The Hall–Kier alpha value is -2.05. The topological polar surface area (TPSA) is 22.1 Å². The van der Waals surface area contributed by atoms with Crippen molar-refractivity contribution in [3.8, 4) is 17.6 Å². The van der Waals surface area contributed by atoms with E-state index in [0.717, 1.165) is 5.56 Å². The van der Waals surface area contributed by atoms with Crippen LogP contribution < -0.4 is 4.74 Å². The van der Waals surface area contributed by atoms with Crippen LogP contribution in [0, 0.1) is 17.7 Å². The van der Waals surface area contributed by atoms with E-state index >= 15 is 0 Å². The molecule has 4 heteroatoms. The lowest BCUT2D eigenvalue weighted by Gasteiger charge is -2.08. The number of nitrogens with zero attached hydrogens (tertiary/aromatic N) is 1. The first-order valence-corrected chi connectivity index (χ1v) is 6.19. The Kier molecular flexibility index (Phi) is 4.77. The molecule has 0 saturated heterocycles. The van der Waals surface area contributed by atoms with E-state index < -0.39 is 0 Å². The van der Waals surface area contributed by atoms with Crippen molar-refractivity contribution >= 4 is 11.6 Å². The molecule has 0 unspecified atom stereocenters. The number of hydrogen-bond acceptors (Lipinski definition) is 2. The van der Waals surface area contributed by atoms with E-state index in [-0.39, 0.29) is 11.7 Å². The van der Waals surface area contributed by atoms with E-state index in [2.05, 4.69) is 16.8 Å². The van der Waals surface area contributed by atoms with Crippen molar-refractivity contribution in [1.82, 2.24) is 4.98 Å². The van der Waals surface area contributed by atoms with Crippen molar-refractivity contribution in [3.63, 3.8) is 0 Å². The quantitative estimate of drug-likeness (QED) is 0.633. The fourth-order valence-corrected chi connectivity index (χ4v) is 1.55. The average Bonchev–Trinajstić information content (AvgIpc) is 2.45. The van der Waals surface area contributed by atoms with Gasteiger partial charge in [0.2, 0.25) is 0 Å². The molecule has 0 amide bonds. The van der Waals surface area contributed by atoms with Gasteiger partial charge in [-0.05, 0) is 29.8 Å². The Morgan fingerprint density at radius 3 is 2.74 bits per heavy atom. The predicted octanol–water partition coefficient (Wildman–Crippen LogP) is 3.39. The molecule has 0 atom stereocenters. The van der Waals surface area contributed by atoms with E-state index in [1.807, 2.05) is 12.1 Å². The molecule has 0 fully saturated rings. The van der Waals surface area contributed by atoms with Gasteiger partial charge in [-0.1, -0.05) is 11.8 Å². The van der Waals surface area contributed by atoms with Crippen molar-refractivity contribution in [2.24, 2.45) is 0 Å². The van der Waals surface area contributed by atoms with Crippen LogP contribution in [-0.2, 0) is 6.61 Å². The standard InChI is InChI=1S/C15H11ClFNO/c16-7-1-2-13-3-4-14(17)10-15(13)19-11-12-5-8-18-9-6-12/h3-6,8-10H,7,11H2. The molecule has 0 saturated carbocycles. The highest BCUT2D eigenvalue weighted by Crippen LogP contribution is 2.20. The van der Waals surface area contributed by atoms with Gasteiger partial charge >= 0.3 is 0 Å². The van der Waals surface area contributed by atoms with Gasteiger partial charge in [0, 0.05) is 18.5 Å². The molecule has 1 heterocycles. The largest absolute Gasteiger partial charge is 0.487 e. The minimum absolute atomic E-state index is 0.223. The number of pyridine rings is 1. The molecule has 0 aliphatic heterocycles. The van der Waals surface area contributed by atoms with Gasteiger partial charge in [-0.15, -0.1) is 11.6 Å². The molecule has 0 radical (unpaired) electrons. The van der Waals surface area contributed by atoms with E-state index in [9.17, 15) is 4.39 Å². The van der Waals surface area contributed by atoms with Gasteiger partial charge in [-0.2, -0.15) is 0 Å². The van der Waals surface area contributed by atoms with Gasteiger partial charge in [0.15, 0.2) is 0 Å². The van der Waals surface area contributed by atoms with Crippen LogP contribution in [0.4, 0.5) is 4.39 Å². The monoisotopic (exact) mass is 275 g/mol. The fraction of sp³-hybridized carbons (Fsp3) is 0.133. The molecule has 1 aromatic carbocycles. The Labute approximate surface area is 116 Å². The lowest BCUT2D eigenvalue weighted by Crippen LogP contribution is -1.98. The first-order valence-electron chi connectivity index (χ1n) is 5.65. The molecule has 1 aromatic heterocycles. The second kappa shape index (κ2) is 6.77. The molecule has 0 bridgehead atoms. The van der Waals surface area contributed by atoms with Crippen LogP contribution in [0.3, 0.4) is 0 Å². The molecule has 2 rings (SSSR count). The van der Waals surface area contributed by atoms with Crippen molar-refractivity contribution in [2.45, 2.75) is 6.61 Å². The van der Waals surface area contributed by atoms with Crippen LogP contribution in [-0.4, -0.2) is 10.9 Å². The van der Waals surface area contributed by atoms with Crippen LogP contribution in [0.15, 0.2) is 42.7 Å². The lowest BCUT2D eigenvalue weighted by atomic mass is 10.2. The van der Waals surface area contributed by atoms with Gasteiger partial charge in [0.05, 0.1) is 11.4 Å². The van der Waals surface area contributed by atoms with Gasteiger partial charge in [-0.3, -0.25) is 4.98 Å². The fourth-order valence-electron chi connectivity index (χ4n) is 1.49. The van der Waals surface area contributed by atoms with Crippen LogP contribution >= 0.6 is 11.6 Å². The number of rotatable bonds is 3. The van der Waals surface area contributed by atoms with Crippen LogP contribution in [0.5, 0.6) is 5.75 Å². The summed E-state index contributed by atoms with van der Waals surface area (Å²) in [5.41, 5.74) is 1.58. The summed E-state index contributed by atoms with van der Waals surface area (Å²) in [6, 6.07) is 7.92. The summed E-state index contributed by atoms with van der Waals surface area (Å²) < 4.78 is 18.8. The SMILES string of the molecule is Fc1ccc(C#CCCl)c(OCc2ccncc2)c1. The lowest BCUT2D eigenvalue weighted by molar-refractivity contribution is 0.303. The number of benzene rings is 1. The molecule has 2 aromatic rings. The Balaban J connectivity index is 2.16. The smallest absolute Gasteiger partial charge is 0.138 e. The summed E-state index contributed by atoms with van der Waals surface area (Å²) >= 11 is 5.51. The highest BCUT2D eigenvalue weighted by molar-refractivity contribution is 6.19. The molecule has 0 N–H and O–H groups in total. The summed E-state index contributed by atoms with van der Waals surface area (Å²) in [7, 11) is 0. The van der Waals surface area contributed by atoms with E-state index in [0.29, 0.717) is 17.9 Å². The van der Waals surface area contributed by atoms with Crippen molar-refractivity contribution < 1.29 is 9.13 Å². The highest BCUT2D eigenvalue weighted by atomic mass is 35.5. The summed E-state index contributed by atoms with van der Waals surface area (Å²) in [5.74, 6) is 5.84. The van der Waals surface area contributed by atoms with Gasteiger partial charge in [-0.25, -0.2) is 4.39 Å². The van der Waals surface area contributed by atoms with E-state index in [1.165, 1.54) is 12.1 Å². The number of halogens is 2. The van der Waals surface area contributed by atoms with Crippen LogP contribution in [0.1, 0.15) is 11.1 Å². The molecular weight excluding hydrogens is 265 g/mol. The van der Waals surface area contributed by atoms with Gasteiger partial charge in [0.25, 0.3) is 0 Å². The zero-order valence-electron chi connectivity index (χ0n) is 10.1. The van der Waals surface area contributed by atoms with Crippen LogP contribution in [0.2, 0.25) is 0 Å². The maximum absolute atomic E-state index is 13.2. The van der Waals surface area contributed by atoms with Crippen molar-refractivity contribution in [1.29, 1.82) is 0 Å². The number of hydrogen-bond donors (Lipinski definition) is 0. The normalized spacial score (nSPS) is 9.58. The summed E-state index contributed by atoms with van der Waals surface area (Å²) in [6.45, 7) is 0.335. The minimum atomic E-state index is -0.360. The molecule has 0 aliphatic rings. The maximum Gasteiger partial charge on any atom is 0.138 e. The summed E-state index contributed by atoms with van der Waals surface area (Å²) in [6.07, 6.45) is 3.36.